The number of thioether (sulfide) groups is 1. The Balaban J connectivity index is 2.75. The van der Waals surface area contributed by atoms with Crippen molar-refractivity contribution in [2.24, 2.45) is 0 Å². The van der Waals surface area contributed by atoms with E-state index in [9.17, 15) is 4.79 Å². The molecule has 104 valence electrons. The highest BCUT2D eigenvalue weighted by atomic mass is 32.2. The minimum atomic E-state index is -0.937. The monoisotopic (exact) mass is 280 g/mol. The van der Waals surface area contributed by atoms with E-state index >= 15 is 0 Å². The molecule has 0 amide bonds. The Morgan fingerprint density at radius 3 is 2.84 bits per heavy atom. The molecule has 0 spiro atoms. The van der Waals surface area contributed by atoms with Crippen molar-refractivity contribution in [3.8, 4) is 5.75 Å². The smallest absolute Gasteiger partial charge is 0.328 e. The van der Waals surface area contributed by atoms with E-state index in [-0.39, 0.29) is 0 Å². The zero-order valence-electron chi connectivity index (χ0n) is 11.4. The second kappa shape index (κ2) is 8.64. The van der Waals surface area contributed by atoms with Gasteiger partial charge in [-0.25, -0.2) is 4.79 Å². The van der Waals surface area contributed by atoms with Gasteiger partial charge in [-0.3, -0.25) is 0 Å². The number of carbonyl (C=O) groups is 1. The third-order valence-electron chi connectivity index (χ3n) is 2.61. The molecule has 0 bridgehead atoms. The summed E-state index contributed by atoms with van der Waals surface area (Å²) in [5.74, 6) is 0.956. The number of benzene rings is 1. The highest BCUT2D eigenvalue weighted by Gasteiger charge is 2.04. The van der Waals surface area contributed by atoms with Crippen LogP contribution in [0.3, 0.4) is 0 Å². The molecule has 0 heterocycles. The molecule has 0 aliphatic carbocycles. The number of carboxylic acids is 1. The van der Waals surface area contributed by atoms with Gasteiger partial charge in [0, 0.05) is 11.0 Å². The molecule has 1 N–H and O–H groups in total. The summed E-state index contributed by atoms with van der Waals surface area (Å²) in [5, 5.41) is 8.63. The van der Waals surface area contributed by atoms with Crippen molar-refractivity contribution in [1.29, 1.82) is 0 Å². The van der Waals surface area contributed by atoms with Crippen molar-refractivity contribution in [2.75, 3.05) is 12.9 Å². The fourth-order valence-electron chi connectivity index (χ4n) is 1.61. The third kappa shape index (κ3) is 5.83. The molecule has 1 rings (SSSR count). The fraction of sp³-hybridized carbons (Fsp3) is 0.400. The molecule has 3 nitrogen and oxygen atoms in total. The summed E-state index contributed by atoms with van der Waals surface area (Å²) >= 11 is 1.75. The Kier molecular flexibility index (Phi) is 7.11. The van der Waals surface area contributed by atoms with Crippen molar-refractivity contribution in [2.45, 2.75) is 31.1 Å². The van der Waals surface area contributed by atoms with E-state index in [0.717, 1.165) is 28.0 Å². The molecular formula is C15H20O3S. The summed E-state index contributed by atoms with van der Waals surface area (Å²) in [7, 11) is 1.65. The van der Waals surface area contributed by atoms with E-state index in [2.05, 4.69) is 6.92 Å². The average molecular weight is 280 g/mol. The van der Waals surface area contributed by atoms with Crippen molar-refractivity contribution in [1.82, 2.24) is 0 Å². The fourth-order valence-corrected chi connectivity index (χ4v) is 2.69. The normalized spacial score (nSPS) is 10.8. The Hall–Kier alpha value is -1.42. The SMILES string of the molecule is CCCCCSc1cc(/C=C/C(=O)O)ccc1OC. The van der Waals surface area contributed by atoms with Gasteiger partial charge in [-0.2, -0.15) is 0 Å². The maximum atomic E-state index is 10.5. The van der Waals surface area contributed by atoms with Crippen LogP contribution in [-0.4, -0.2) is 23.9 Å². The summed E-state index contributed by atoms with van der Waals surface area (Å²) in [6.07, 6.45) is 6.36. The number of rotatable bonds is 8. The second-order valence-corrected chi connectivity index (χ2v) is 5.27. The first kappa shape index (κ1) is 15.6. The Morgan fingerprint density at radius 2 is 2.21 bits per heavy atom. The van der Waals surface area contributed by atoms with Crippen LogP contribution in [-0.2, 0) is 4.79 Å². The molecule has 19 heavy (non-hydrogen) atoms. The average Bonchev–Trinajstić information content (AvgIpc) is 2.41. The van der Waals surface area contributed by atoms with E-state index in [4.69, 9.17) is 9.84 Å². The van der Waals surface area contributed by atoms with E-state index in [1.54, 1.807) is 24.9 Å². The van der Waals surface area contributed by atoms with Crippen LogP contribution in [0, 0.1) is 0 Å². The number of methoxy groups -OCH3 is 1. The number of ether oxygens (including phenoxy) is 1. The molecular weight excluding hydrogens is 260 g/mol. The molecule has 0 aliphatic heterocycles. The standard InChI is InChI=1S/C15H20O3S/c1-3-4-5-10-19-14-11-12(7-9-15(16)17)6-8-13(14)18-2/h6-9,11H,3-5,10H2,1-2H3,(H,16,17)/b9-7+. The third-order valence-corrected chi connectivity index (χ3v) is 3.73. The number of hydrogen-bond donors (Lipinski definition) is 1. The molecule has 0 saturated carbocycles. The minimum absolute atomic E-state index is 0.842. The number of hydrogen-bond acceptors (Lipinski definition) is 3. The lowest BCUT2D eigenvalue weighted by atomic mass is 10.2. The molecule has 0 unspecified atom stereocenters. The molecule has 4 heteroatoms. The van der Waals surface area contributed by atoms with Crippen LogP contribution in [0.5, 0.6) is 5.75 Å². The van der Waals surface area contributed by atoms with Crippen LogP contribution >= 0.6 is 11.8 Å². The van der Waals surface area contributed by atoms with Crippen LogP contribution < -0.4 is 4.74 Å². The summed E-state index contributed by atoms with van der Waals surface area (Å²) < 4.78 is 5.32. The number of carboxylic acid groups (broad SMARTS) is 1. The summed E-state index contributed by atoms with van der Waals surface area (Å²) in [6, 6.07) is 5.70. The Bertz CT molecular complexity index is 441. The molecule has 0 radical (unpaired) electrons. The predicted molar refractivity (Wildman–Crippen MR) is 79.9 cm³/mol. The second-order valence-electron chi connectivity index (χ2n) is 4.14. The van der Waals surface area contributed by atoms with E-state index in [1.165, 1.54) is 19.3 Å². The van der Waals surface area contributed by atoms with Crippen molar-refractivity contribution in [3.05, 3.63) is 29.8 Å². The van der Waals surface area contributed by atoms with E-state index in [0.29, 0.717) is 0 Å². The van der Waals surface area contributed by atoms with Gasteiger partial charge in [-0.05, 0) is 35.9 Å². The van der Waals surface area contributed by atoms with Crippen LogP contribution in [0.2, 0.25) is 0 Å². The highest BCUT2D eigenvalue weighted by Crippen LogP contribution is 2.31. The van der Waals surface area contributed by atoms with E-state index < -0.39 is 5.97 Å². The van der Waals surface area contributed by atoms with Gasteiger partial charge in [0.05, 0.1) is 7.11 Å². The maximum absolute atomic E-state index is 10.5. The van der Waals surface area contributed by atoms with Crippen LogP contribution in [0.1, 0.15) is 31.7 Å². The highest BCUT2D eigenvalue weighted by molar-refractivity contribution is 7.99. The lowest BCUT2D eigenvalue weighted by Crippen LogP contribution is -1.90. The first-order valence-electron chi connectivity index (χ1n) is 6.39. The summed E-state index contributed by atoms with van der Waals surface area (Å²) in [6.45, 7) is 2.18. The van der Waals surface area contributed by atoms with Gasteiger partial charge < -0.3 is 9.84 Å². The molecule has 0 aliphatic rings. The molecule has 0 aromatic heterocycles. The molecule has 0 saturated heterocycles. The first-order chi connectivity index (χ1) is 9.17. The number of unbranched alkanes of at least 4 members (excludes halogenated alkanes) is 2. The van der Waals surface area contributed by atoms with Crippen LogP contribution in [0.4, 0.5) is 0 Å². The zero-order chi connectivity index (χ0) is 14.1. The molecule has 1 aromatic rings. The quantitative estimate of drug-likeness (QED) is 0.443. The van der Waals surface area contributed by atoms with E-state index in [1.807, 2.05) is 18.2 Å². The molecule has 0 fully saturated rings. The molecule has 0 atom stereocenters. The lowest BCUT2D eigenvalue weighted by molar-refractivity contribution is -0.131. The minimum Gasteiger partial charge on any atom is -0.496 e. The largest absolute Gasteiger partial charge is 0.496 e. The van der Waals surface area contributed by atoms with Crippen molar-refractivity contribution < 1.29 is 14.6 Å². The number of aliphatic carboxylic acids is 1. The van der Waals surface area contributed by atoms with Gasteiger partial charge in [0.15, 0.2) is 0 Å². The summed E-state index contributed by atoms with van der Waals surface area (Å²) in [4.78, 5) is 11.6. The molecule has 1 aromatic carbocycles. The van der Waals surface area contributed by atoms with Gasteiger partial charge in [-0.15, -0.1) is 11.8 Å². The maximum Gasteiger partial charge on any atom is 0.328 e. The topological polar surface area (TPSA) is 46.5 Å². The van der Waals surface area contributed by atoms with Crippen molar-refractivity contribution >= 4 is 23.8 Å². The van der Waals surface area contributed by atoms with Crippen LogP contribution in [0.15, 0.2) is 29.2 Å². The van der Waals surface area contributed by atoms with Gasteiger partial charge in [0.25, 0.3) is 0 Å². The lowest BCUT2D eigenvalue weighted by Gasteiger charge is -2.09. The van der Waals surface area contributed by atoms with Gasteiger partial charge in [0.2, 0.25) is 0 Å². The predicted octanol–water partition coefficient (Wildman–Crippen LogP) is 4.08. The van der Waals surface area contributed by atoms with Gasteiger partial charge >= 0.3 is 5.97 Å². The summed E-state index contributed by atoms with van der Waals surface area (Å²) in [5.41, 5.74) is 0.876. The zero-order valence-corrected chi connectivity index (χ0v) is 12.2. The first-order valence-corrected chi connectivity index (χ1v) is 7.37. The Morgan fingerprint density at radius 1 is 1.42 bits per heavy atom. The van der Waals surface area contributed by atoms with Crippen LogP contribution in [0.25, 0.3) is 6.08 Å². The van der Waals surface area contributed by atoms with Gasteiger partial charge in [-0.1, -0.05) is 25.8 Å². The Labute approximate surface area is 118 Å². The van der Waals surface area contributed by atoms with Gasteiger partial charge in [0.1, 0.15) is 5.75 Å². The van der Waals surface area contributed by atoms with Crippen molar-refractivity contribution in [3.63, 3.8) is 0 Å².